The molecular weight excluding hydrogens is 430 g/mol. The maximum absolute atomic E-state index is 13.4. The zero-order chi connectivity index (χ0) is 24.1. The standard InChI is InChI=1S/C27H33N3O4/c1-19-8-10-21(11-9-19)25(31)28-24(27(33)29-14-3-4-15-29)20-12-16-30(17-13-20)26(32)22-6-5-7-23(18-22)34-2/h5-11,18,20,24H,3-4,12-17H2,1-2H3,(H,28,31). The van der Waals surface area contributed by atoms with Crippen molar-refractivity contribution in [3.05, 3.63) is 65.2 Å². The summed E-state index contributed by atoms with van der Waals surface area (Å²) in [5.74, 6) is 0.360. The first-order chi connectivity index (χ1) is 16.5. The van der Waals surface area contributed by atoms with Crippen LogP contribution in [0.3, 0.4) is 0 Å². The Balaban J connectivity index is 1.45. The Kier molecular flexibility index (Phi) is 7.50. The molecule has 3 amide bonds. The van der Waals surface area contributed by atoms with Gasteiger partial charge < -0.3 is 19.9 Å². The van der Waals surface area contributed by atoms with Gasteiger partial charge in [0.1, 0.15) is 11.8 Å². The molecule has 2 aliphatic heterocycles. The van der Waals surface area contributed by atoms with Gasteiger partial charge in [0.15, 0.2) is 0 Å². The van der Waals surface area contributed by atoms with Crippen LogP contribution < -0.4 is 10.1 Å². The Hall–Kier alpha value is -3.35. The molecule has 1 unspecified atom stereocenters. The van der Waals surface area contributed by atoms with Crippen LogP contribution in [0.25, 0.3) is 0 Å². The van der Waals surface area contributed by atoms with Crippen molar-refractivity contribution in [3.63, 3.8) is 0 Å². The largest absolute Gasteiger partial charge is 0.497 e. The topological polar surface area (TPSA) is 79.0 Å². The fourth-order valence-corrected chi connectivity index (χ4v) is 4.82. The van der Waals surface area contributed by atoms with Crippen molar-refractivity contribution in [1.82, 2.24) is 15.1 Å². The van der Waals surface area contributed by atoms with Gasteiger partial charge in [-0.15, -0.1) is 0 Å². The molecule has 2 aliphatic rings. The van der Waals surface area contributed by atoms with E-state index in [1.54, 1.807) is 31.4 Å². The van der Waals surface area contributed by atoms with Gasteiger partial charge in [0.25, 0.3) is 11.8 Å². The molecule has 4 rings (SSSR count). The lowest BCUT2D eigenvalue weighted by Crippen LogP contribution is -2.54. The van der Waals surface area contributed by atoms with Gasteiger partial charge in [-0.2, -0.15) is 0 Å². The number of rotatable bonds is 6. The molecule has 0 saturated carbocycles. The number of amides is 3. The lowest BCUT2D eigenvalue weighted by Gasteiger charge is -2.37. The fraction of sp³-hybridized carbons (Fsp3) is 0.444. The minimum absolute atomic E-state index is 0.00414. The normalized spacial score (nSPS) is 17.4. The predicted octanol–water partition coefficient (Wildman–Crippen LogP) is 3.28. The highest BCUT2D eigenvalue weighted by atomic mass is 16.5. The SMILES string of the molecule is COc1cccc(C(=O)N2CCC(C(NC(=O)c3ccc(C)cc3)C(=O)N3CCCC3)CC2)c1. The molecule has 7 nitrogen and oxygen atoms in total. The molecule has 0 aliphatic carbocycles. The predicted molar refractivity (Wildman–Crippen MR) is 130 cm³/mol. The Bertz CT molecular complexity index is 1020. The molecule has 0 spiro atoms. The number of benzene rings is 2. The monoisotopic (exact) mass is 463 g/mol. The number of methoxy groups -OCH3 is 1. The van der Waals surface area contributed by atoms with Crippen LogP contribution in [0.1, 0.15) is 52.0 Å². The molecule has 0 bridgehead atoms. The smallest absolute Gasteiger partial charge is 0.253 e. The number of carbonyl (C=O) groups excluding carboxylic acids is 3. The molecule has 2 aromatic rings. The van der Waals surface area contributed by atoms with Crippen LogP contribution >= 0.6 is 0 Å². The molecule has 34 heavy (non-hydrogen) atoms. The second kappa shape index (κ2) is 10.7. The number of aryl methyl sites for hydroxylation is 1. The molecule has 7 heteroatoms. The third kappa shape index (κ3) is 5.41. The quantitative estimate of drug-likeness (QED) is 0.713. The Labute approximate surface area is 201 Å². The average Bonchev–Trinajstić information content (AvgIpc) is 3.42. The molecular formula is C27H33N3O4. The van der Waals surface area contributed by atoms with E-state index in [2.05, 4.69) is 5.32 Å². The second-order valence-electron chi connectivity index (χ2n) is 9.21. The van der Waals surface area contributed by atoms with E-state index in [0.717, 1.165) is 31.5 Å². The lowest BCUT2D eigenvalue weighted by molar-refractivity contribution is -0.134. The summed E-state index contributed by atoms with van der Waals surface area (Å²) in [7, 11) is 1.58. The molecule has 180 valence electrons. The van der Waals surface area contributed by atoms with Gasteiger partial charge in [-0.05, 0) is 68.9 Å². The summed E-state index contributed by atoms with van der Waals surface area (Å²) in [6.07, 6.45) is 3.32. The number of hydrogen-bond donors (Lipinski definition) is 1. The van der Waals surface area contributed by atoms with E-state index in [9.17, 15) is 14.4 Å². The first-order valence-corrected chi connectivity index (χ1v) is 12.1. The molecule has 2 heterocycles. The fourth-order valence-electron chi connectivity index (χ4n) is 4.82. The summed E-state index contributed by atoms with van der Waals surface area (Å²) < 4.78 is 5.24. The van der Waals surface area contributed by atoms with Gasteiger partial charge in [0, 0.05) is 37.3 Å². The average molecular weight is 464 g/mol. The van der Waals surface area contributed by atoms with E-state index in [1.807, 2.05) is 41.0 Å². The molecule has 0 aromatic heterocycles. The van der Waals surface area contributed by atoms with Crippen molar-refractivity contribution < 1.29 is 19.1 Å². The van der Waals surface area contributed by atoms with Gasteiger partial charge in [0.05, 0.1) is 7.11 Å². The third-order valence-electron chi connectivity index (χ3n) is 6.90. The van der Waals surface area contributed by atoms with Gasteiger partial charge in [-0.3, -0.25) is 14.4 Å². The van der Waals surface area contributed by atoms with E-state index in [-0.39, 0.29) is 23.6 Å². The Morgan fingerprint density at radius 3 is 2.24 bits per heavy atom. The summed E-state index contributed by atoms with van der Waals surface area (Å²) in [6.45, 7) is 4.55. The highest BCUT2D eigenvalue weighted by molar-refractivity contribution is 5.98. The van der Waals surface area contributed by atoms with Crippen LogP contribution in [-0.4, -0.2) is 66.9 Å². The number of nitrogens with zero attached hydrogens (tertiary/aromatic N) is 2. The van der Waals surface area contributed by atoms with Gasteiger partial charge in [-0.25, -0.2) is 0 Å². The maximum atomic E-state index is 13.4. The molecule has 2 fully saturated rings. The summed E-state index contributed by atoms with van der Waals surface area (Å²) in [5.41, 5.74) is 2.22. The number of hydrogen-bond acceptors (Lipinski definition) is 4. The number of carbonyl (C=O) groups is 3. The Morgan fingerprint density at radius 1 is 0.912 bits per heavy atom. The second-order valence-corrected chi connectivity index (χ2v) is 9.21. The van der Waals surface area contributed by atoms with E-state index >= 15 is 0 Å². The zero-order valence-corrected chi connectivity index (χ0v) is 20.0. The van der Waals surface area contributed by atoms with Crippen LogP contribution in [-0.2, 0) is 4.79 Å². The van der Waals surface area contributed by atoms with E-state index in [1.165, 1.54) is 0 Å². The van der Waals surface area contributed by atoms with Crippen LogP contribution in [0, 0.1) is 12.8 Å². The minimum atomic E-state index is -0.582. The molecule has 1 N–H and O–H groups in total. The Morgan fingerprint density at radius 2 is 1.59 bits per heavy atom. The van der Waals surface area contributed by atoms with Crippen LogP contribution in [0.15, 0.2) is 48.5 Å². The van der Waals surface area contributed by atoms with E-state index in [4.69, 9.17) is 4.74 Å². The van der Waals surface area contributed by atoms with Crippen molar-refractivity contribution in [1.29, 1.82) is 0 Å². The first-order valence-electron chi connectivity index (χ1n) is 12.1. The van der Waals surface area contributed by atoms with Crippen molar-refractivity contribution in [2.24, 2.45) is 5.92 Å². The van der Waals surface area contributed by atoms with Gasteiger partial charge in [-0.1, -0.05) is 23.8 Å². The molecule has 0 radical (unpaired) electrons. The summed E-state index contributed by atoms with van der Waals surface area (Å²) in [6, 6.07) is 14.0. The van der Waals surface area contributed by atoms with Crippen LogP contribution in [0.4, 0.5) is 0 Å². The molecule has 2 saturated heterocycles. The zero-order valence-electron chi connectivity index (χ0n) is 20.0. The van der Waals surface area contributed by atoms with Crippen molar-refractivity contribution in [3.8, 4) is 5.75 Å². The number of likely N-dealkylation sites (tertiary alicyclic amines) is 2. The van der Waals surface area contributed by atoms with E-state index in [0.29, 0.717) is 42.8 Å². The lowest BCUT2D eigenvalue weighted by atomic mass is 9.88. The summed E-state index contributed by atoms with van der Waals surface area (Å²) >= 11 is 0. The van der Waals surface area contributed by atoms with E-state index < -0.39 is 6.04 Å². The summed E-state index contributed by atoms with van der Waals surface area (Å²) in [4.78, 5) is 43.1. The first kappa shape index (κ1) is 23.8. The highest BCUT2D eigenvalue weighted by Crippen LogP contribution is 2.25. The third-order valence-corrected chi connectivity index (χ3v) is 6.90. The van der Waals surface area contributed by atoms with Crippen LogP contribution in [0.2, 0.25) is 0 Å². The number of piperidine rings is 1. The summed E-state index contributed by atoms with van der Waals surface area (Å²) in [5, 5.41) is 3.04. The maximum Gasteiger partial charge on any atom is 0.253 e. The number of ether oxygens (including phenoxy) is 1. The van der Waals surface area contributed by atoms with Gasteiger partial charge in [0.2, 0.25) is 5.91 Å². The highest BCUT2D eigenvalue weighted by Gasteiger charge is 2.37. The van der Waals surface area contributed by atoms with Crippen molar-refractivity contribution in [2.75, 3.05) is 33.3 Å². The van der Waals surface area contributed by atoms with Crippen LogP contribution in [0.5, 0.6) is 5.75 Å². The van der Waals surface area contributed by atoms with Crippen molar-refractivity contribution in [2.45, 2.75) is 38.6 Å². The van der Waals surface area contributed by atoms with Crippen molar-refractivity contribution >= 4 is 17.7 Å². The minimum Gasteiger partial charge on any atom is -0.497 e. The molecule has 1 atom stereocenters. The van der Waals surface area contributed by atoms with Gasteiger partial charge >= 0.3 is 0 Å². The molecule has 2 aromatic carbocycles. The number of nitrogens with one attached hydrogen (secondary N) is 1.